The first-order chi connectivity index (χ1) is 9.51. The van der Waals surface area contributed by atoms with Gasteiger partial charge in [-0.1, -0.05) is 6.07 Å². The molecule has 0 saturated carbocycles. The van der Waals surface area contributed by atoms with Crippen LogP contribution in [0.2, 0.25) is 0 Å². The van der Waals surface area contributed by atoms with E-state index in [1.165, 1.54) is 17.4 Å². The average Bonchev–Trinajstić information content (AvgIpc) is 2.89. The number of hydrogen-bond donors (Lipinski definition) is 3. The van der Waals surface area contributed by atoms with E-state index >= 15 is 0 Å². The van der Waals surface area contributed by atoms with Gasteiger partial charge >= 0.3 is 5.97 Å². The molecule has 0 saturated heterocycles. The van der Waals surface area contributed by atoms with Gasteiger partial charge in [0.2, 0.25) is 0 Å². The Morgan fingerprint density at radius 3 is 2.80 bits per heavy atom. The number of nitrogens with zero attached hydrogens (tertiary/aromatic N) is 1. The highest BCUT2D eigenvalue weighted by Crippen LogP contribution is 2.17. The Morgan fingerprint density at radius 1 is 1.45 bits per heavy atom. The molecule has 0 radical (unpaired) electrons. The quantitative estimate of drug-likeness (QED) is 0.797. The predicted molar refractivity (Wildman–Crippen MR) is 76.1 cm³/mol. The monoisotopic (exact) mass is 291 g/mol. The van der Waals surface area contributed by atoms with Gasteiger partial charge in [-0.3, -0.25) is 4.79 Å². The minimum absolute atomic E-state index is 0.156. The molecule has 0 fully saturated rings. The Balaban J connectivity index is 2.19. The molecular weight excluding hydrogens is 278 g/mol. The highest BCUT2D eigenvalue weighted by molar-refractivity contribution is 7.09. The molecule has 7 heteroatoms. The Kier molecular flexibility index (Phi) is 4.11. The van der Waals surface area contributed by atoms with Crippen molar-refractivity contribution < 1.29 is 14.7 Å². The molecule has 1 heterocycles. The molecule has 6 nitrogen and oxygen atoms in total. The zero-order valence-electron chi connectivity index (χ0n) is 10.7. The van der Waals surface area contributed by atoms with Crippen LogP contribution in [0.25, 0.3) is 0 Å². The standard InChI is InChI=1S/C13H13N3O3S/c1-7-2-3-8(4-9(7)13(18)19)15-12(17)10-6-20-11(5-14)16-10/h2-4,6H,5,14H2,1H3,(H,15,17)(H,18,19). The number of rotatable bonds is 4. The SMILES string of the molecule is Cc1ccc(NC(=O)c2csc(CN)n2)cc1C(=O)O. The molecular formula is C13H13N3O3S. The number of carboxylic acids is 1. The molecule has 1 aromatic heterocycles. The van der Waals surface area contributed by atoms with Crippen molar-refractivity contribution in [1.82, 2.24) is 4.98 Å². The van der Waals surface area contributed by atoms with Gasteiger partial charge in [-0.15, -0.1) is 11.3 Å². The number of anilines is 1. The van der Waals surface area contributed by atoms with Gasteiger partial charge in [0.25, 0.3) is 5.91 Å². The minimum atomic E-state index is -1.03. The highest BCUT2D eigenvalue weighted by Gasteiger charge is 2.13. The zero-order chi connectivity index (χ0) is 14.7. The van der Waals surface area contributed by atoms with Crippen LogP contribution in [-0.2, 0) is 6.54 Å². The fourth-order valence-electron chi connectivity index (χ4n) is 1.63. The maximum absolute atomic E-state index is 12.0. The molecule has 0 unspecified atom stereocenters. The number of amides is 1. The first kappa shape index (κ1) is 14.2. The summed E-state index contributed by atoms with van der Waals surface area (Å²) < 4.78 is 0. The Hall–Kier alpha value is -2.25. The molecule has 0 bridgehead atoms. The number of carbonyl (C=O) groups is 2. The largest absolute Gasteiger partial charge is 0.478 e. The summed E-state index contributed by atoms with van der Waals surface area (Å²) in [6, 6.07) is 4.72. The van der Waals surface area contributed by atoms with Crippen molar-refractivity contribution in [3.63, 3.8) is 0 Å². The van der Waals surface area contributed by atoms with Gasteiger partial charge in [-0.05, 0) is 24.6 Å². The van der Waals surface area contributed by atoms with Crippen molar-refractivity contribution >= 4 is 28.9 Å². The van der Waals surface area contributed by atoms with Crippen LogP contribution in [0.5, 0.6) is 0 Å². The number of aromatic nitrogens is 1. The first-order valence-electron chi connectivity index (χ1n) is 5.81. The maximum atomic E-state index is 12.0. The van der Waals surface area contributed by atoms with Gasteiger partial charge in [0.15, 0.2) is 0 Å². The van der Waals surface area contributed by atoms with Crippen LogP contribution in [0.1, 0.15) is 31.4 Å². The van der Waals surface area contributed by atoms with Crippen molar-refractivity contribution in [2.45, 2.75) is 13.5 Å². The molecule has 0 atom stereocenters. The van der Waals surface area contributed by atoms with E-state index in [0.717, 1.165) is 0 Å². The van der Waals surface area contributed by atoms with E-state index in [-0.39, 0.29) is 23.7 Å². The van der Waals surface area contributed by atoms with Crippen molar-refractivity contribution in [1.29, 1.82) is 0 Å². The number of carboxylic acid groups (broad SMARTS) is 1. The third-order valence-electron chi connectivity index (χ3n) is 2.68. The zero-order valence-corrected chi connectivity index (χ0v) is 11.5. The summed E-state index contributed by atoms with van der Waals surface area (Å²) in [5.74, 6) is -1.42. The molecule has 4 N–H and O–H groups in total. The fourth-order valence-corrected chi connectivity index (χ4v) is 2.29. The molecule has 104 valence electrons. The van der Waals surface area contributed by atoms with Crippen molar-refractivity contribution in [2.24, 2.45) is 5.73 Å². The van der Waals surface area contributed by atoms with Crippen molar-refractivity contribution in [3.8, 4) is 0 Å². The van der Waals surface area contributed by atoms with Crippen LogP contribution >= 0.6 is 11.3 Å². The van der Waals surface area contributed by atoms with Gasteiger partial charge < -0.3 is 16.2 Å². The second-order valence-corrected chi connectivity index (χ2v) is 5.06. The Labute approximate surface area is 119 Å². The van der Waals surface area contributed by atoms with E-state index in [9.17, 15) is 9.59 Å². The Bertz CT molecular complexity index is 667. The molecule has 0 aliphatic rings. The van der Waals surface area contributed by atoms with Crippen LogP contribution in [0.15, 0.2) is 23.6 Å². The van der Waals surface area contributed by atoms with Gasteiger partial charge in [-0.2, -0.15) is 0 Å². The summed E-state index contributed by atoms with van der Waals surface area (Å²) in [6.07, 6.45) is 0. The third kappa shape index (κ3) is 3.01. The number of aryl methyl sites for hydroxylation is 1. The van der Waals surface area contributed by atoms with Crippen molar-refractivity contribution in [2.75, 3.05) is 5.32 Å². The molecule has 1 amide bonds. The molecule has 2 rings (SSSR count). The summed E-state index contributed by atoms with van der Waals surface area (Å²) in [5.41, 5.74) is 6.91. The van der Waals surface area contributed by atoms with E-state index in [0.29, 0.717) is 16.3 Å². The summed E-state index contributed by atoms with van der Waals surface area (Å²) in [5, 5.41) is 13.9. The lowest BCUT2D eigenvalue weighted by molar-refractivity contribution is 0.0695. The molecule has 20 heavy (non-hydrogen) atoms. The van der Waals surface area contributed by atoms with Crippen LogP contribution in [0.4, 0.5) is 5.69 Å². The maximum Gasteiger partial charge on any atom is 0.336 e. The number of nitrogens with one attached hydrogen (secondary N) is 1. The third-order valence-corrected chi connectivity index (χ3v) is 3.56. The topological polar surface area (TPSA) is 105 Å². The number of nitrogens with two attached hydrogens (primary N) is 1. The van der Waals surface area contributed by atoms with E-state index in [4.69, 9.17) is 10.8 Å². The number of benzene rings is 1. The average molecular weight is 291 g/mol. The fraction of sp³-hybridized carbons (Fsp3) is 0.154. The van der Waals surface area contributed by atoms with E-state index in [2.05, 4.69) is 10.3 Å². The van der Waals surface area contributed by atoms with E-state index < -0.39 is 5.97 Å². The normalized spacial score (nSPS) is 10.3. The number of hydrogen-bond acceptors (Lipinski definition) is 5. The summed E-state index contributed by atoms with van der Waals surface area (Å²) >= 11 is 1.31. The van der Waals surface area contributed by atoms with Gasteiger partial charge in [0, 0.05) is 17.6 Å². The summed E-state index contributed by atoms with van der Waals surface area (Å²) in [7, 11) is 0. The molecule has 2 aromatic rings. The van der Waals surface area contributed by atoms with E-state index in [1.54, 1.807) is 24.4 Å². The van der Waals surface area contributed by atoms with Crippen LogP contribution in [-0.4, -0.2) is 22.0 Å². The molecule has 1 aromatic carbocycles. The van der Waals surface area contributed by atoms with Crippen LogP contribution in [0, 0.1) is 6.92 Å². The lowest BCUT2D eigenvalue weighted by atomic mass is 10.1. The number of aromatic carboxylic acids is 1. The second kappa shape index (κ2) is 5.81. The Morgan fingerprint density at radius 2 is 2.20 bits per heavy atom. The minimum Gasteiger partial charge on any atom is -0.478 e. The first-order valence-corrected chi connectivity index (χ1v) is 6.69. The lowest BCUT2D eigenvalue weighted by Gasteiger charge is -2.06. The van der Waals surface area contributed by atoms with E-state index in [1.807, 2.05) is 0 Å². The van der Waals surface area contributed by atoms with Crippen molar-refractivity contribution in [3.05, 3.63) is 45.4 Å². The highest BCUT2D eigenvalue weighted by atomic mass is 32.1. The van der Waals surface area contributed by atoms with Gasteiger partial charge in [-0.25, -0.2) is 9.78 Å². The molecule has 0 spiro atoms. The van der Waals surface area contributed by atoms with Gasteiger partial charge in [0.05, 0.1) is 5.56 Å². The molecule has 0 aliphatic carbocycles. The smallest absolute Gasteiger partial charge is 0.336 e. The van der Waals surface area contributed by atoms with Crippen LogP contribution < -0.4 is 11.1 Å². The van der Waals surface area contributed by atoms with Gasteiger partial charge in [0.1, 0.15) is 10.7 Å². The number of thiazole rings is 1. The summed E-state index contributed by atoms with van der Waals surface area (Å²) in [6.45, 7) is 1.98. The summed E-state index contributed by atoms with van der Waals surface area (Å²) in [4.78, 5) is 27.1. The number of carbonyl (C=O) groups excluding carboxylic acids is 1. The van der Waals surface area contributed by atoms with Crippen LogP contribution in [0.3, 0.4) is 0 Å². The second-order valence-electron chi connectivity index (χ2n) is 4.12. The lowest BCUT2D eigenvalue weighted by Crippen LogP contribution is -2.13. The molecule has 0 aliphatic heterocycles. The predicted octanol–water partition coefficient (Wildman–Crippen LogP) is 1.86.